The normalized spacial score (nSPS) is 11.0. The van der Waals surface area contributed by atoms with Gasteiger partial charge in [-0.3, -0.25) is 0 Å². The highest BCUT2D eigenvalue weighted by Crippen LogP contribution is 2.22. The van der Waals surface area contributed by atoms with E-state index < -0.39 is 0 Å². The molecule has 0 aliphatic heterocycles. The van der Waals surface area contributed by atoms with Crippen molar-refractivity contribution in [3.05, 3.63) is 35.0 Å². The van der Waals surface area contributed by atoms with E-state index in [1.165, 1.54) is 27.7 Å². The van der Waals surface area contributed by atoms with E-state index in [4.69, 9.17) is 0 Å². The Morgan fingerprint density at radius 2 is 2.00 bits per heavy atom. The molecule has 1 N–H and O–H groups in total. The molecule has 1 heteroatoms. The monoisotopic (exact) mass is 173 g/mol. The number of benzene rings is 1. The van der Waals surface area contributed by atoms with Crippen molar-refractivity contribution >= 4 is 10.9 Å². The van der Waals surface area contributed by atoms with Crippen molar-refractivity contribution in [2.45, 2.75) is 27.2 Å². The number of aryl methyl sites for hydroxylation is 3. The molecule has 0 spiro atoms. The highest BCUT2D eigenvalue weighted by atomic mass is 14.7. The number of H-pyrrole nitrogens is 1. The number of aromatic amines is 1. The summed E-state index contributed by atoms with van der Waals surface area (Å²) >= 11 is 0. The van der Waals surface area contributed by atoms with Gasteiger partial charge in [0.15, 0.2) is 0 Å². The van der Waals surface area contributed by atoms with Crippen LogP contribution in [0.3, 0.4) is 0 Å². The summed E-state index contributed by atoms with van der Waals surface area (Å²) in [5.41, 5.74) is 5.36. The van der Waals surface area contributed by atoms with E-state index in [9.17, 15) is 0 Å². The minimum atomic E-state index is 1.08. The lowest BCUT2D eigenvalue weighted by molar-refractivity contribution is 1.05. The van der Waals surface area contributed by atoms with E-state index in [0.29, 0.717) is 0 Å². The van der Waals surface area contributed by atoms with Gasteiger partial charge in [-0.1, -0.05) is 18.6 Å². The minimum Gasteiger partial charge on any atom is -0.358 e. The van der Waals surface area contributed by atoms with Gasteiger partial charge in [0, 0.05) is 16.6 Å². The lowest BCUT2D eigenvalue weighted by atomic mass is 10.1. The van der Waals surface area contributed by atoms with Gasteiger partial charge in [-0.05, 0) is 38.0 Å². The fourth-order valence-corrected chi connectivity index (χ4v) is 1.85. The first-order valence-electron chi connectivity index (χ1n) is 4.80. The van der Waals surface area contributed by atoms with Gasteiger partial charge in [-0.2, -0.15) is 0 Å². The summed E-state index contributed by atoms with van der Waals surface area (Å²) < 4.78 is 0. The second kappa shape index (κ2) is 2.91. The lowest BCUT2D eigenvalue weighted by Crippen LogP contribution is -1.80. The van der Waals surface area contributed by atoms with Gasteiger partial charge < -0.3 is 4.98 Å². The quantitative estimate of drug-likeness (QED) is 0.680. The third kappa shape index (κ3) is 1.24. The molecule has 0 aliphatic rings. The zero-order chi connectivity index (χ0) is 9.42. The maximum Gasteiger partial charge on any atom is 0.0459 e. The van der Waals surface area contributed by atoms with Crippen molar-refractivity contribution < 1.29 is 0 Å². The summed E-state index contributed by atoms with van der Waals surface area (Å²) in [6.07, 6.45) is 1.08. The van der Waals surface area contributed by atoms with Crippen LogP contribution in [0.4, 0.5) is 0 Å². The minimum absolute atomic E-state index is 1.08. The third-order valence-corrected chi connectivity index (χ3v) is 2.67. The molecule has 0 radical (unpaired) electrons. The number of aromatic nitrogens is 1. The van der Waals surface area contributed by atoms with Gasteiger partial charge in [0.2, 0.25) is 0 Å². The molecule has 0 bridgehead atoms. The molecule has 0 saturated heterocycles. The number of hydrogen-bond donors (Lipinski definition) is 1. The molecule has 1 aromatic heterocycles. The van der Waals surface area contributed by atoms with E-state index >= 15 is 0 Å². The van der Waals surface area contributed by atoms with Crippen molar-refractivity contribution in [1.82, 2.24) is 4.98 Å². The molecule has 0 amide bonds. The first kappa shape index (κ1) is 8.36. The SMILES string of the molecule is CCc1[nH]c2ccc(C)cc2c1C. The molecule has 0 fully saturated rings. The molecule has 68 valence electrons. The number of nitrogens with one attached hydrogen (secondary N) is 1. The van der Waals surface area contributed by atoms with Crippen molar-refractivity contribution in [1.29, 1.82) is 0 Å². The van der Waals surface area contributed by atoms with E-state index in [1.54, 1.807) is 0 Å². The maximum atomic E-state index is 3.44. The average Bonchev–Trinajstić information content (AvgIpc) is 2.44. The van der Waals surface area contributed by atoms with Gasteiger partial charge in [0.1, 0.15) is 0 Å². The van der Waals surface area contributed by atoms with Crippen molar-refractivity contribution in [2.75, 3.05) is 0 Å². The summed E-state index contributed by atoms with van der Waals surface area (Å²) in [7, 11) is 0. The zero-order valence-corrected chi connectivity index (χ0v) is 8.44. The van der Waals surface area contributed by atoms with Crippen LogP contribution in [0.5, 0.6) is 0 Å². The number of fused-ring (bicyclic) bond motifs is 1. The average molecular weight is 173 g/mol. The van der Waals surface area contributed by atoms with Gasteiger partial charge >= 0.3 is 0 Å². The molecule has 2 aromatic rings. The Bertz CT molecular complexity index is 438. The summed E-state index contributed by atoms with van der Waals surface area (Å²) in [6, 6.07) is 6.56. The molecular formula is C12H15N. The first-order valence-corrected chi connectivity index (χ1v) is 4.80. The van der Waals surface area contributed by atoms with Crippen LogP contribution in [0.15, 0.2) is 18.2 Å². The zero-order valence-electron chi connectivity index (χ0n) is 8.44. The lowest BCUT2D eigenvalue weighted by Gasteiger charge is -1.94. The van der Waals surface area contributed by atoms with Crippen molar-refractivity contribution in [3.63, 3.8) is 0 Å². The number of hydrogen-bond acceptors (Lipinski definition) is 0. The molecule has 1 heterocycles. The predicted molar refractivity (Wildman–Crippen MR) is 57.2 cm³/mol. The highest BCUT2D eigenvalue weighted by Gasteiger charge is 2.04. The molecule has 0 unspecified atom stereocenters. The van der Waals surface area contributed by atoms with Crippen LogP contribution in [0, 0.1) is 13.8 Å². The van der Waals surface area contributed by atoms with Gasteiger partial charge in [-0.15, -0.1) is 0 Å². The summed E-state index contributed by atoms with van der Waals surface area (Å²) in [4.78, 5) is 3.44. The smallest absolute Gasteiger partial charge is 0.0459 e. The van der Waals surface area contributed by atoms with E-state index in [2.05, 4.69) is 44.0 Å². The Labute approximate surface area is 78.8 Å². The Balaban J connectivity index is 2.77. The Morgan fingerprint density at radius 3 is 2.69 bits per heavy atom. The van der Waals surface area contributed by atoms with Crippen molar-refractivity contribution in [2.24, 2.45) is 0 Å². The largest absolute Gasteiger partial charge is 0.358 e. The third-order valence-electron chi connectivity index (χ3n) is 2.67. The molecule has 2 rings (SSSR count). The Kier molecular flexibility index (Phi) is 1.87. The standard InChI is InChI=1S/C12H15N/c1-4-11-9(3)10-7-8(2)5-6-12(10)13-11/h5-7,13H,4H2,1-3H3. The highest BCUT2D eigenvalue weighted by molar-refractivity contribution is 5.85. The predicted octanol–water partition coefficient (Wildman–Crippen LogP) is 3.35. The maximum absolute atomic E-state index is 3.44. The van der Waals surface area contributed by atoms with Crippen LogP contribution in [0.25, 0.3) is 10.9 Å². The van der Waals surface area contributed by atoms with Crippen LogP contribution >= 0.6 is 0 Å². The molecule has 0 saturated carbocycles. The summed E-state index contributed by atoms with van der Waals surface area (Å²) in [5.74, 6) is 0. The van der Waals surface area contributed by atoms with Crippen LogP contribution < -0.4 is 0 Å². The topological polar surface area (TPSA) is 15.8 Å². The van der Waals surface area contributed by atoms with Crippen LogP contribution in [-0.2, 0) is 6.42 Å². The molecule has 0 aliphatic carbocycles. The fraction of sp³-hybridized carbons (Fsp3) is 0.333. The van der Waals surface area contributed by atoms with E-state index in [-0.39, 0.29) is 0 Å². The molecule has 0 atom stereocenters. The van der Waals surface area contributed by atoms with Crippen LogP contribution in [0.1, 0.15) is 23.7 Å². The second-order valence-electron chi connectivity index (χ2n) is 3.63. The Morgan fingerprint density at radius 1 is 1.23 bits per heavy atom. The van der Waals surface area contributed by atoms with E-state index in [0.717, 1.165) is 6.42 Å². The van der Waals surface area contributed by atoms with Crippen LogP contribution in [-0.4, -0.2) is 4.98 Å². The molecule has 13 heavy (non-hydrogen) atoms. The van der Waals surface area contributed by atoms with Gasteiger partial charge in [-0.25, -0.2) is 0 Å². The second-order valence-corrected chi connectivity index (χ2v) is 3.63. The molecular weight excluding hydrogens is 158 g/mol. The van der Waals surface area contributed by atoms with Crippen LogP contribution in [0.2, 0.25) is 0 Å². The molecule has 1 aromatic carbocycles. The number of rotatable bonds is 1. The molecule has 1 nitrogen and oxygen atoms in total. The first-order chi connectivity index (χ1) is 6.22. The summed E-state index contributed by atoms with van der Waals surface area (Å²) in [5, 5.41) is 1.37. The van der Waals surface area contributed by atoms with Crippen molar-refractivity contribution in [3.8, 4) is 0 Å². The fourth-order valence-electron chi connectivity index (χ4n) is 1.85. The van der Waals surface area contributed by atoms with Gasteiger partial charge in [0.25, 0.3) is 0 Å². The summed E-state index contributed by atoms with van der Waals surface area (Å²) in [6.45, 7) is 6.51. The van der Waals surface area contributed by atoms with E-state index in [1.807, 2.05) is 0 Å². The van der Waals surface area contributed by atoms with Gasteiger partial charge in [0.05, 0.1) is 0 Å². The Hall–Kier alpha value is -1.24.